The number of carbonyl (C=O) groups excluding carboxylic acids is 2. The fraction of sp³-hybridized carbons (Fsp3) is 0.217. The zero-order valence-electron chi connectivity index (χ0n) is 17.7. The first-order chi connectivity index (χ1) is 14.7. The minimum Gasteiger partial charge on any atom is -0.341 e. The number of aryl methyl sites for hydroxylation is 4. The average molecular weight is 439 g/mol. The third-order valence-corrected chi connectivity index (χ3v) is 5.00. The molecule has 2 N–H and O–H groups in total. The Labute approximate surface area is 185 Å². The SMILES string of the molecule is Cc1cc(C)c(NC(=O)CNC(=O)c2nn(-c3ccc(Cl)cc3)c(C)cc2=O)c(C)c1. The van der Waals surface area contributed by atoms with Gasteiger partial charge in [0.25, 0.3) is 5.91 Å². The Balaban J connectivity index is 1.75. The number of hydrogen-bond acceptors (Lipinski definition) is 4. The minimum atomic E-state index is -0.722. The smallest absolute Gasteiger partial charge is 0.276 e. The maximum Gasteiger partial charge on any atom is 0.276 e. The van der Waals surface area contributed by atoms with Gasteiger partial charge in [0.05, 0.1) is 12.2 Å². The fourth-order valence-corrected chi connectivity index (χ4v) is 3.48. The molecule has 0 radical (unpaired) electrons. The Morgan fingerprint density at radius 2 is 1.61 bits per heavy atom. The molecule has 0 saturated carbocycles. The van der Waals surface area contributed by atoms with Crippen molar-refractivity contribution in [2.45, 2.75) is 27.7 Å². The molecule has 0 aliphatic rings. The molecule has 0 aliphatic heterocycles. The van der Waals surface area contributed by atoms with Gasteiger partial charge >= 0.3 is 0 Å². The van der Waals surface area contributed by atoms with Gasteiger partial charge in [0, 0.05) is 22.5 Å². The summed E-state index contributed by atoms with van der Waals surface area (Å²) in [5.74, 6) is -1.12. The van der Waals surface area contributed by atoms with Crippen LogP contribution in [0, 0.1) is 27.7 Å². The van der Waals surface area contributed by atoms with Crippen LogP contribution in [0.15, 0.2) is 47.3 Å². The van der Waals surface area contributed by atoms with Crippen LogP contribution in [0.3, 0.4) is 0 Å². The summed E-state index contributed by atoms with van der Waals surface area (Å²) in [7, 11) is 0. The topological polar surface area (TPSA) is 93.1 Å². The van der Waals surface area contributed by atoms with Gasteiger partial charge in [-0.1, -0.05) is 29.3 Å². The molecule has 2 amide bonds. The van der Waals surface area contributed by atoms with E-state index in [4.69, 9.17) is 11.6 Å². The number of carbonyl (C=O) groups is 2. The van der Waals surface area contributed by atoms with Crippen LogP contribution in [0.4, 0.5) is 5.69 Å². The summed E-state index contributed by atoms with van der Waals surface area (Å²) in [4.78, 5) is 37.2. The van der Waals surface area contributed by atoms with Crippen molar-refractivity contribution in [2.75, 3.05) is 11.9 Å². The van der Waals surface area contributed by atoms with E-state index >= 15 is 0 Å². The lowest BCUT2D eigenvalue weighted by Gasteiger charge is -2.14. The molecule has 0 atom stereocenters. The van der Waals surface area contributed by atoms with Gasteiger partial charge in [0.1, 0.15) is 0 Å². The van der Waals surface area contributed by atoms with Crippen molar-refractivity contribution in [2.24, 2.45) is 0 Å². The summed E-state index contributed by atoms with van der Waals surface area (Å²) in [5, 5.41) is 10.0. The number of amides is 2. The van der Waals surface area contributed by atoms with E-state index in [1.165, 1.54) is 10.7 Å². The lowest BCUT2D eigenvalue weighted by Crippen LogP contribution is -2.37. The van der Waals surface area contributed by atoms with Crippen molar-refractivity contribution in [3.8, 4) is 5.69 Å². The molecule has 0 bridgehead atoms. The summed E-state index contributed by atoms with van der Waals surface area (Å²) in [5.41, 5.74) is 4.08. The maximum atomic E-state index is 12.6. The molecular formula is C23H23ClN4O3. The predicted octanol–water partition coefficient (Wildman–Crippen LogP) is 3.49. The van der Waals surface area contributed by atoms with E-state index in [1.54, 1.807) is 31.2 Å². The minimum absolute atomic E-state index is 0.290. The quantitative estimate of drug-likeness (QED) is 0.637. The number of aromatic nitrogens is 2. The Morgan fingerprint density at radius 1 is 1.00 bits per heavy atom. The number of benzene rings is 2. The van der Waals surface area contributed by atoms with Crippen LogP contribution in [0.25, 0.3) is 5.69 Å². The van der Waals surface area contributed by atoms with Crippen LogP contribution >= 0.6 is 11.6 Å². The summed E-state index contributed by atoms with van der Waals surface area (Å²) in [6.07, 6.45) is 0. The molecule has 0 saturated heterocycles. The second kappa shape index (κ2) is 9.14. The Hall–Kier alpha value is -3.45. The highest BCUT2D eigenvalue weighted by Gasteiger charge is 2.17. The van der Waals surface area contributed by atoms with Gasteiger partial charge in [-0.15, -0.1) is 0 Å². The third kappa shape index (κ3) is 5.19. The van der Waals surface area contributed by atoms with Crippen molar-refractivity contribution in [1.82, 2.24) is 15.1 Å². The first-order valence-corrected chi connectivity index (χ1v) is 10.1. The molecule has 0 aliphatic carbocycles. The number of nitrogens with one attached hydrogen (secondary N) is 2. The molecule has 3 rings (SSSR count). The number of nitrogens with zero attached hydrogens (tertiary/aromatic N) is 2. The van der Waals surface area contributed by atoms with Gasteiger partial charge in [-0.3, -0.25) is 14.4 Å². The summed E-state index contributed by atoms with van der Waals surface area (Å²) < 4.78 is 1.48. The summed E-state index contributed by atoms with van der Waals surface area (Å²) >= 11 is 5.92. The van der Waals surface area contributed by atoms with E-state index in [-0.39, 0.29) is 12.2 Å². The molecule has 1 aromatic heterocycles. The molecule has 3 aromatic rings. The number of hydrogen-bond donors (Lipinski definition) is 2. The van der Waals surface area contributed by atoms with E-state index in [0.717, 1.165) is 16.7 Å². The molecule has 7 nitrogen and oxygen atoms in total. The zero-order valence-corrected chi connectivity index (χ0v) is 18.5. The number of halogens is 1. The van der Waals surface area contributed by atoms with Crippen molar-refractivity contribution in [3.05, 3.63) is 85.8 Å². The Morgan fingerprint density at radius 3 is 2.23 bits per heavy atom. The molecule has 8 heteroatoms. The second-order valence-electron chi connectivity index (χ2n) is 7.39. The molecular weight excluding hydrogens is 416 g/mol. The predicted molar refractivity (Wildman–Crippen MR) is 121 cm³/mol. The Bertz CT molecular complexity index is 1190. The monoisotopic (exact) mass is 438 g/mol. The van der Waals surface area contributed by atoms with Crippen molar-refractivity contribution >= 4 is 29.1 Å². The van der Waals surface area contributed by atoms with E-state index in [9.17, 15) is 14.4 Å². The van der Waals surface area contributed by atoms with Crippen LogP contribution in [0.1, 0.15) is 32.9 Å². The normalized spacial score (nSPS) is 10.6. The molecule has 160 valence electrons. The van der Waals surface area contributed by atoms with Crippen molar-refractivity contribution in [3.63, 3.8) is 0 Å². The molecule has 0 fully saturated rings. The van der Waals surface area contributed by atoms with Gasteiger partial charge in [-0.25, -0.2) is 4.68 Å². The third-order valence-electron chi connectivity index (χ3n) is 4.74. The summed E-state index contributed by atoms with van der Waals surface area (Å²) in [6.45, 7) is 7.22. The van der Waals surface area contributed by atoms with E-state index < -0.39 is 17.2 Å². The van der Waals surface area contributed by atoms with Crippen molar-refractivity contribution in [1.29, 1.82) is 0 Å². The first kappa shape index (κ1) is 22.2. The number of anilines is 1. The van der Waals surface area contributed by atoms with Crippen LogP contribution in [-0.2, 0) is 4.79 Å². The second-order valence-corrected chi connectivity index (χ2v) is 7.83. The fourth-order valence-electron chi connectivity index (χ4n) is 3.35. The van der Waals surface area contributed by atoms with Crippen LogP contribution in [-0.4, -0.2) is 28.1 Å². The largest absolute Gasteiger partial charge is 0.341 e. The number of rotatable bonds is 5. The molecule has 0 unspecified atom stereocenters. The molecule has 1 heterocycles. The average Bonchev–Trinajstić information content (AvgIpc) is 2.70. The van der Waals surface area contributed by atoms with Gasteiger partial charge in [-0.05, 0) is 63.1 Å². The zero-order chi connectivity index (χ0) is 22.7. The van der Waals surface area contributed by atoms with Crippen molar-refractivity contribution < 1.29 is 9.59 Å². The van der Waals surface area contributed by atoms with Gasteiger partial charge in [0.15, 0.2) is 5.69 Å². The Kier molecular flexibility index (Phi) is 6.56. The van der Waals surface area contributed by atoms with E-state index in [2.05, 4.69) is 15.7 Å². The standard InChI is InChI=1S/C23H23ClN4O3/c1-13-9-14(2)21(15(3)10-13)26-20(30)12-25-23(31)22-19(29)11-16(4)28(27-22)18-7-5-17(24)6-8-18/h5-11H,12H2,1-4H3,(H,25,31)(H,26,30). The maximum absolute atomic E-state index is 12.6. The van der Waals surface area contributed by atoms with Gasteiger partial charge in [-0.2, -0.15) is 5.10 Å². The highest BCUT2D eigenvalue weighted by atomic mass is 35.5. The van der Waals surface area contributed by atoms with E-state index in [1.807, 2.05) is 32.9 Å². The van der Waals surface area contributed by atoms with Crippen LogP contribution in [0.2, 0.25) is 5.02 Å². The lowest BCUT2D eigenvalue weighted by molar-refractivity contribution is -0.115. The highest BCUT2D eigenvalue weighted by molar-refractivity contribution is 6.30. The molecule has 2 aromatic carbocycles. The van der Waals surface area contributed by atoms with Gasteiger partial charge in [0.2, 0.25) is 11.3 Å². The summed E-state index contributed by atoms with van der Waals surface area (Å²) in [6, 6.07) is 12.1. The molecule has 31 heavy (non-hydrogen) atoms. The first-order valence-electron chi connectivity index (χ1n) is 9.68. The van der Waals surface area contributed by atoms with Crippen LogP contribution < -0.4 is 16.1 Å². The highest BCUT2D eigenvalue weighted by Crippen LogP contribution is 2.21. The lowest BCUT2D eigenvalue weighted by atomic mass is 10.1. The van der Waals surface area contributed by atoms with E-state index in [0.29, 0.717) is 22.1 Å². The van der Waals surface area contributed by atoms with Crippen LogP contribution in [0.5, 0.6) is 0 Å². The van der Waals surface area contributed by atoms with Gasteiger partial charge < -0.3 is 10.6 Å². The molecule has 0 spiro atoms.